The molecule has 0 aliphatic carbocycles. The number of benzene rings is 2. The fraction of sp³-hybridized carbons (Fsp3) is 0.368. The van der Waals surface area contributed by atoms with Crippen molar-refractivity contribution in [3.63, 3.8) is 0 Å². The van der Waals surface area contributed by atoms with E-state index in [0.717, 1.165) is 5.56 Å². The van der Waals surface area contributed by atoms with Crippen molar-refractivity contribution in [1.29, 1.82) is 0 Å². The van der Waals surface area contributed by atoms with Crippen molar-refractivity contribution < 1.29 is 17.9 Å². The maximum absolute atomic E-state index is 13.8. The van der Waals surface area contributed by atoms with Gasteiger partial charge in [-0.25, -0.2) is 0 Å². The predicted octanol–water partition coefficient (Wildman–Crippen LogP) is 5.83. The highest BCUT2D eigenvalue weighted by Gasteiger charge is 2.58. The molecule has 7 heteroatoms. The number of rotatable bonds is 5. The van der Waals surface area contributed by atoms with E-state index < -0.39 is 18.2 Å². The first-order valence-electron chi connectivity index (χ1n) is 8.20. The summed E-state index contributed by atoms with van der Waals surface area (Å²) >= 11 is 11.9. The van der Waals surface area contributed by atoms with Gasteiger partial charge in [0.15, 0.2) is 0 Å². The third-order valence-corrected chi connectivity index (χ3v) is 5.23. The molecule has 0 amide bonds. The summed E-state index contributed by atoms with van der Waals surface area (Å²) in [4.78, 5) is 1.81. The van der Waals surface area contributed by atoms with E-state index in [9.17, 15) is 13.2 Å². The number of hydrogen-bond acceptors (Lipinski definition) is 2. The van der Waals surface area contributed by atoms with Gasteiger partial charge in [-0.1, -0.05) is 53.5 Å². The summed E-state index contributed by atoms with van der Waals surface area (Å²) in [6.45, 7) is 0.253. The van der Waals surface area contributed by atoms with Gasteiger partial charge in [0.2, 0.25) is 0 Å². The summed E-state index contributed by atoms with van der Waals surface area (Å²) in [6.07, 6.45) is -4.38. The second-order valence-corrected chi connectivity index (χ2v) is 7.43. The number of hydrogen-bond donors (Lipinski definition) is 0. The Bertz CT molecular complexity index is 754. The summed E-state index contributed by atoms with van der Waals surface area (Å²) in [5.74, 6) is 0.171. The standard InChI is InChI=1S/C19H18Cl2F3NO/c20-15-6-7-16(21)17(10-15)26-13-18(19(22,23)24)8-9-25(12-18)11-14-4-2-1-3-5-14/h1-7,10H,8-9,11-13H2. The van der Waals surface area contributed by atoms with E-state index in [0.29, 0.717) is 18.1 Å². The van der Waals surface area contributed by atoms with Crippen LogP contribution in [0.4, 0.5) is 13.2 Å². The molecule has 1 atom stereocenters. The molecule has 1 aliphatic heterocycles. The van der Waals surface area contributed by atoms with Crippen molar-refractivity contribution in [2.75, 3.05) is 19.7 Å². The zero-order valence-electron chi connectivity index (χ0n) is 13.9. The molecule has 0 spiro atoms. The van der Waals surface area contributed by atoms with Gasteiger partial charge in [0.25, 0.3) is 0 Å². The molecule has 140 valence electrons. The fourth-order valence-electron chi connectivity index (χ4n) is 3.17. The van der Waals surface area contributed by atoms with E-state index in [2.05, 4.69) is 0 Å². The van der Waals surface area contributed by atoms with Crippen molar-refractivity contribution in [2.24, 2.45) is 5.41 Å². The highest BCUT2D eigenvalue weighted by atomic mass is 35.5. The van der Waals surface area contributed by atoms with E-state index in [1.807, 2.05) is 35.2 Å². The van der Waals surface area contributed by atoms with Gasteiger partial charge in [-0.05, 0) is 30.7 Å². The van der Waals surface area contributed by atoms with Gasteiger partial charge < -0.3 is 4.74 Å². The van der Waals surface area contributed by atoms with Gasteiger partial charge in [0, 0.05) is 24.2 Å². The molecule has 2 aromatic rings. The smallest absolute Gasteiger partial charge is 0.399 e. The molecule has 2 aromatic carbocycles. The summed E-state index contributed by atoms with van der Waals surface area (Å²) in [6, 6.07) is 14.0. The maximum Gasteiger partial charge on any atom is 0.399 e. The van der Waals surface area contributed by atoms with Crippen molar-refractivity contribution in [1.82, 2.24) is 4.90 Å². The van der Waals surface area contributed by atoms with Crippen LogP contribution in [-0.2, 0) is 6.54 Å². The Balaban J connectivity index is 1.73. The van der Waals surface area contributed by atoms with Gasteiger partial charge in [-0.15, -0.1) is 0 Å². The minimum atomic E-state index is -4.37. The summed E-state index contributed by atoms with van der Waals surface area (Å²) in [5, 5.41) is 0.605. The van der Waals surface area contributed by atoms with E-state index >= 15 is 0 Å². The molecular weight excluding hydrogens is 386 g/mol. The Morgan fingerprint density at radius 2 is 1.81 bits per heavy atom. The Labute approximate surface area is 160 Å². The van der Waals surface area contributed by atoms with Crippen LogP contribution < -0.4 is 4.74 Å². The van der Waals surface area contributed by atoms with Crippen LogP contribution in [-0.4, -0.2) is 30.8 Å². The summed E-state index contributed by atoms with van der Waals surface area (Å²) < 4.78 is 47.0. The van der Waals surface area contributed by atoms with Crippen LogP contribution in [0.25, 0.3) is 0 Å². The first-order chi connectivity index (χ1) is 12.3. The van der Waals surface area contributed by atoms with Gasteiger partial charge >= 0.3 is 6.18 Å². The molecule has 0 radical (unpaired) electrons. The lowest BCUT2D eigenvalue weighted by atomic mass is 9.87. The second kappa shape index (κ2) is 7.67. The highest BCUT2D eigenvalue weighted by Crippen LogP contribution is 2.46. The molecule has 1 saturated heterocycles. The Morgan fingerprint density at radius 1 is 1.08 bits per heavy atom. The monoisotopic (exact) mass is 403 g/mol. The average molecular weight is 404 g/mol. The van der Waals surface area contributed by atoms with E-state index in [4.69, 9.17) is 27.9 Å². The van der Waals surface area contributed by atoms with Crippen LogP contribution in [0.15, 0.2) is 48.5 Å². The van der Waals surface area contributed by atoms with Crippen LogP contribution in [0.1, 0.15) is 12.0 Å². The SMILES string of the molecule is FC(F)(F)C1(COc2cc(Cl)ccc2Cl)CCN(Cc2ccccc2)C1. The van der Waals surface area contributed by atoms with Crippen LogP contribution in [0.3, 0.4) is 0 Å². The Kier molecular flexibility index (Phi) is 5.70. The largest absolute Gasteiger partial charge is 0.491 e. The second-order valence-electron chi connectivity index (χ2n) is 6.59. The van der Waals surface area contributed by atoms with Gasteiger partial charge in [0.1, 0.15) is 17.8 Å². The minimum Gasteiger partial charge on any atom is -0.491 e. The third-order valence-electron chi connectivity index (χ3n) is 4.68. The zero-order valence-corrected chi connectivity index (χ0v) is 15.4. The zero-order chi connectivity index (χ0) is 18.8. The maximum atomic E-state index is 13.8. The van der Waals surface area contributed by atoms with Crippen LogP contribution in [0.5, 0.6) is 5.75 Å². The number of alkyl halides is 3. The molecular formula is C19H18Cl2F3NO. The molecule has 1 unspecified atom stereocenters. The first-order valence-corrected chi connectivity index (χ1v) is 8.96. The minimum absolute atomic E-state index is 0.0124. The Hall–Kier alpha value is -1.43. The lowest BCUT2D eigenvalue weighted by molar-refractivity contribution is -0.228. The predicted molar refractivity (Wildman–Crippen MR) is 96.8 cm³/mol. The van der Waals surface area contributed by atoms with Crippen molar-refractivity contribution >= 4 is 23.2 Å². The van der Waals surface area contributed by atoms with Gasteiger partial charge in [-0.2, -0.15) is 13.2 Å². The molecule has 0 bridgehead atoms. The molecule has 26 heavy (non-hydrogen) atoms. The molecule has 0 saturated carbocycles. The van der Waals surface area contributed by atoms with Crippen LogP contribution >= 0.6 is 23.2 Å². The summed E-state index contributed by atoms with van der Waals surface area (Å²) in [7, 11) is 0. The normalized spacial score (nSPS) is 21.1. The molecule has 0 aromatic heterocycles. The van der Waals surface area contributed by atoms with E-state index in [1.165, 1.54) is 12.1 Å². The van der Waals surface area contributed by atoms with E-state index in [-0.39, 0.29) is 23.7 Å². The summed E-state index contributed by atoms with van der Waals surface area (Å²) in [5.41, 5.74) is -0.933. The number of nitrogens with zero attached hydrogens (tertiary/aromatic N) is 1. The number of ether oxygens (including phenoxy) is 1. The van der Waals surface area contributed by atoms with Gasteiger partial charge in [0.05, 0.1) is 5.02 Å². The van der Waals surface area contributed by atoms with Crippen molar-refractivity contribution in [3.05, 3.63) is 64.1 Å². The topological polar surface area (TPSA) is 12.5 Å². The molecule has 1 aliphatic rings. The first kappa shape index (κ1) is 19.3. The molecule has 1 fully saturated rings. The number of halogens is 5. The molecule has 1 heterocycles. The highest BCUT2D eigenvalue weighted by molar-refractivity contribution is 6.34. The number of likely N-dealkylation sites (tertiary alicyclic amines) is 1. The third kappa shape index (κ3) is 4.27. The van der Waals surface area contributed by atoms with Gasteiger partial charge in [-0.3, -0.25) is 4.90 Å². The van der Waals surface area contributed by atoms with Crippen LogP contribution in [0, 0.1) is 5.41 Å². The van der Waals surface area contributed by atoms with Crippen LogP contribution in [0.2, 0.25) is 10.0 Å². The lowest BCUT2D eigenvalue weighted by Crippen LogP contribution is -2.45. The molecule has 2 nitrogen and oxygen atoms in total. The quantitative estimate of drug-likeness (QED) is 0.622. The average Bonchev–Trinajstić information content (AvgIpc) is 3.01. The Morgan fingerprint density at radius 3 is 2.50 bits per heavy atom. The fourth-order valence-corrected chi connectivity index (χ4v) is 3.50. The van der Waals surface area contributed by atoms with Crippen molar-refractivity contribution in [2.45, 2.75) is 19.1 Å². The lowest BCUT2D eigenvalue weighted by Gasteiger charge is -2.32. The van der Waals surface area contributed by atoms with E-state index in [1.54, 1.807) is 6.07 Å². The van der Waals surface area contributed by atoms with Crippen molar-refractivity contribution in [3.8, 4) is 5.75 Å². The molecule has 3 rings (SSSR count). The molecule has 0 N–H and O–H groups in total.